The molecular formula is C23H32N4O. The lowest BCUT2D eigenvalue weighted by Gasteiger charge is -2.37. The smallest absolute Gasteiger partial charge is 0.324 e. The number of amides is 2. The van der Waals surface area contributed by atoms with E-state index in [1.165, 1.54) is 27.8 Å². The fraction of sp³-hybridized carbons (Fsp3) is 0.522. The molecule has 2 heterocycles. The third kappa shape index (κ3) is 2.84. The SMILES string of the molecule is CCN(CC)C(=O)Nn1c(C(C)C)c2c3c(cccc31)C1=CCCN(C)[C@@H]1C2. The Morgan fingerprint density at radius 2 is 2.04 bits per heavy atom. The predicted octanol–water partition coefficient (Wildman–Crippen LogP) is 4.41. The van der Waals surface area contributed by atoms with Crippen LogP contribution in [0.25, 0.3) is 16.5 Å². The minimum Gasteiger partial charge on any atom is -0.324 e. The topological polar surface area (TPSA) is 40.5 Å². The summed E-state index contributed by atoms with van der Waals surface area (Å²) in [4.78, 5) is 17.2. The van der Waals surface area contributed by atoms with Crippen LogP contribution in [-0.4, -0.2) is 53.2 Å². The highest BCUT2D eigenvalue weighted by molar-refractivity contribution is 6.00. The molecule has 1 atom stereocenters. The molecule has 2 aliphatic rings. The Kier molecular flexibility index (Phi) is 4.96. The monoisotopic (exact) mass is 380 g/mol. The van der Waals surface area contributed by atoms with Crippen LogP contribution < -0.4 is 5.43 Å². The lowest BCUT2D eigenvalue weighted by Crippen LogP contribution is -2.40. The Labute approximate surface area is 168 Å². The zero-order chi connectivity index (χ0) is 20.0. The van der Waals surface area contributed by atoms with Crippen LogP contribution in [-0.2, 0) is 6.42 Å². The summed E-state index contributed by atoms with van der Waals surface area (Å²) in [7, 11) is 2.23. The first kappa shape index (κ1) is 19.1. The molecule has 0 saturated carbocycles. The molecule has 0 fully saturated rings. The van der Waals surface area contributed by atoms with Crippen molar-refractivity contribution >= 4 is 22.5 Å². The largest absolute Gasteiger partial charge is 0.336 e. The predicted molar refractivity (Wildman–Crippen MR) is 116 cm³/mol. The first-order valence-electron chi connectivity index (χ1n) is 10.6. The highest BCUT2D eigenvalue weighted by Gasteiger charge is 2.34. The van der Waals surface area contributed by atoms with Crippen LogP contribution in [0, 0.1) is 0 Å². The Hall–Kier alpha value is -2.27. The molecule has 1 aliphatic carbocycles. The number of fused-ring (bicyclic) bond motifs is 2. The summed E-state index contributed by atoms with van der Waals surface area (Å²) in [5.74, 6) is 0.326. The molecule has 0 bridgehead atoms. The number of nitrogens with zero attached hydrogens (tertiary/aromatic N) is 3. The minimum absolute atomic E-state index is 0.0336. The van der Waals surface area contributed by atoms with Crippen molar-refractivity contribution in [2.24, 2.45) is 0 Å². The van der Waals surface area contributed by atoms with E-state index in [4.69, 9.17) is 0 Å². The Morgan fingerprint density at radius 1 is 1.29 bits per heavy atom. The van der Waals surface area contributed by atoms with Crippen molar-refractivity contribution < 1.29 is 4.79 Å². The van der Waals surface area contributed by atoms with Gasteiger partial charge in [-0.05, 0) is 62.4 Å². The molecule has 0 saturated heterocycles. The van der Waals surface area contributed by atoms with Gasteiger partial charge in [0.1, 0.15) is 0 Å². The molecule has 0 spiro atoms. The average Bonchev–Trinajstić information content (AvgIpc) is 2.98. The van der Waals surface area contributed by atoms with Crippen LogP contribution in [0.4, 0.5) is 4.79 Å². The Balaban J connectivity index is 1.91. The van der Waals surface area contributed by atoms with Crippen LogP contribution >= 0.6 is 0 Å². The summed E-state index contributed by atoms with van der Waals surface area (Å²) >= 11 is 0. The maximum absolute atomic E-state index is 12.9. The zero-order valence-electron chi connectivity index (χ0n) is 17.7. The van der Waals surface area contributed by atoms with Gasteiger partial charge in [0, 0.05) is 36.8 Å². The van der Waals surface area contributed by atoms with Crippen molar-refractivity contribution in [1.29, 1.82) is 0 Å². The number of nitrogens with one attached hydrogen (secondary N) is 1. The van der Waals surface area contributed by atoms with Crippen LogP contribution in [0.3, 0.4) is 0 Å². The summed E-state index contributed by atoms with van der Waals surface area (Å²) in [6.45, 7) is 11.0. The quantitative estimate of drug-likeness (QED) is 0.853. The number of urea groups is 1. The maximum atomic E-state index is 12.9. The lowest BCUT2D eigenvalue weighted by molar-refractivity contribution is 0.214. The molecule has 150 valence electrons. The van der Waals surface area contributed by atoms with Crippen molar-refractivity contribution in [1.82, 2.24) is 14.5 Å². The second kappa shape index (κ2) is 7.28. The van der Waals surface area contributed by atoms with Crippen molar-refractivity contribution in [3.8, 4) is 0 Å². The van der Waals surface area contributed by atoms with Gasteiger partial charge < -0.3 is 4.90 Å². The molecule has 4 rings (SSSR count). The van der Waals surface area contributed by atoms with E-state index in [2.05, 4.69) is 60.2 Å². The highest BCUT2D eigenvalue weighted by Crippen LogP contribution is 2.43. The number of rotatable bonds is 4. The number of benzene rings is 1. The second-order valence-corrected chi connectivity index (χ2v) is 8.29. The van der Waals surface area contributed by atoms with E-state index in [0.29, 0.717) is 25.0 Å². The molecule has 0 radical (unpaired) electrons. The summed E-state index contributed by atoms with van der Waals surface area (Å²) < 4.78 is 2.07. The molecule has 1 N–H and O–H groups in total. The fourth-order valence-corrected chi connectivity index (χ4v) is 4.99. The summed E-state index contributed by atoms with van der Waals surface area (Å²) in [5, 5.41) is 1.32. The molecule has 1 aromatic heterocycles. The third-order valence-corrected chi connectivity index (χ3v) is 6.39. The van der Waals surface area contributed by atoms with E-state index >= 15 is 0 Å². The van der Waals surface area contributed by atoms with Gasteiger partial charge in [-0.1, -0.05) is 32.1 Å². The molecule has 5 heteroatoms. The van der Waals surface area contributed by atoms with Crippen molar-refractivity contribution in [3.05, 3.63) is 41.1 Å². The molecule has 5 nitrogen and oxygen atoms in total. The Bertz CT molecular complexity index is 936. The highest BCUT2D eigenvalue weighted by atomic mass is 16.2. The summed E-state index contributed by atoms with van der Waals surface area (Å²) in [6, 6.07) is 6.92. The van der Waals surface area contributed by atoms with Gasteiger partial charge in [-0.15, -0.1) is 0 Å². The first-order chi connectivity index (χ1) is 13.5. The average molecular weight is 381 g/mol. The van der Waals surface area contributed by atoms with Crippen LogP contribution in [0.2, 0.25) is 0 Å². The molecular weight excluding hydrogens is 348 g/mol. The molecule has 1 aliphatic heterocycles. The van der Waals surface area contributed by atoms with Crippen LogP contribution in [0.15, 0.2) is 24.3 Å². The number of aromatic nitrogens is 1. The van der Waals surface area contributed by atoms with Crippen molar-refractivity contribution in [2.75, 3.05) is 32.1 Å². The molecule has 28 heavy (non-hydrogen) atoms. The lowest BCUT2D eigenvalue weighted by atomic mass is 9.80. The standard InChI is InChI=1S/C23H32N4O/c1-6-26(7-2)23(28)24-27-19-12-8-10-17-16-11-9-13-25(5)20(16)14-18(21(17)19)22(27)15(3)4/h8,10-12,15,20H,6-7,9,13-14H2,1-5H3,(H,24,28)/t20-/m1/s1. The normalized spacial score (nSPS) is 18.9. The van der Waals surface area contributed by atoms with E-state index < -0.39 is 0 Å². The van der Waals surface area contributed by atoms with Crippen molar-refractivity contribution in [2.45, 2.75) is 52.5 Å². The van der Waals surface area contributed by atoms with Gasteiger partial charge in [0.15, 0.2) is 0 Å². The van der Waals surface area contributed by atoms with E-state index in [0.717, 1.165) is 24.9 Å². The van der Waals surface area contributed by atoms with Gasteiger partial charge in [-0.3, -0.25) is 9.58 Å². The Morgan fingerprint density at radius 3 is 2.71 bits per heavy atom. The molecule has 0 unspecified atom stereocenters. The summed E-state index contributed by atoms with van der Waals surface area (Å²) in [6.07, 6.45) is 4.53. The van der Waals surface area contributed by atoms with Gasteiger partial charge >= 0.3 is 6.03 Å². The van der Waals surface area contributed by atoms with E-state index in [9.17, 15) is 4.79 Å². The second-order valence-electron chi connectivity index (χ2n) is 8.29. The number of hydrogen-bond acceptors (Lipinski definition) is 2. The van der Waals surface area contributed by atoms with Gasteiger partial charge in [-0.2, -0.15) is 0 Å². The van der Waals surface area contributed by atoms with Crippen molar-refractivity contribution in [3.63, 3.8) is 0 Å². The first-order valence-corrected chi connectivity index (χ1v) is 10.6. The van der Waals surface area contributed by atoms with Gasteiger partial charge in [0.25, 0.3) is 0 Å². The molecule has 2 amide bonds. The number of carbonyl (C=O) groups is 1. The number of hydrogen-bond donors (Lipinski definition) is 1. The van der Waals surface area contributed by atoms with Gasteiger partial charge in [0.2, 0.25) is 0 Å². The molecule has 2 aromatic rings. The van der Waals surface area contributed by atoms with E-state index in [1.54, 1.807) is 0 Å². The third-order valence-electron chi connectivity index (χ3n) is 6.39. The van der Waals surface area contributed by atoms with Gasteiger partial charge in [-0.25, -0.2) is 10.2 Å². The minimum atomic E-state index is -0.0336. The van der Waals surface area contributed by atoms with E-state index in [-0.39, 0.29) is 6.03 Å². The van der Waals surface area contributed by atoms with E-state index in [1.807, 2.05) is 18.7 Å². The number of likely N-dealkylation sites (N-methyl/N-ethyl adjacent to an activating group) is 1. The maximum Gasteiger partial charge on any atom is 0.336 e. The fourth-order valence-electron chi connectivity index (χ4n) is 4.99. The summed E-state index contributed by atoms with van der Waals surface area (Å²) in [5.41, 5.74) is 9.76. The molecule has 1 aromatic carbocycles. The van der Waals surface area contributed by atoms with Crippen LogP contribution in [0.1, 0.15) is 56.9 Å². The van der Waals surface area contributed by atoms with Gasteiger partial charge in [0.05, 0.1) is 5.52 Å². The zero-order valence-corrected chi connectivity index (χ0v) is 17.7. The van der Waals surface area contributed by atoms with Crippen LogP contribution in [0.5, 0.6) is 0 Å². The number of carbonyl (C=O) groups excluding carboxylic acids is 1.